The lowest BCUT2D eigenvalue weighted by molar-refractivity contribution is 0.0816. The molecule has 0 N–H and O–H groups in total. The molecule has 2 aliphatic rings. The Morgan fingerprint density at radius 1 is 1.13 bits per heavy atom. The summed E-state index contributed by atoms with van der Waals surface area (Å²) in [6.07, 6.45) is 11.2. The van der Waals surface area contributed by atoms with Gasteiger partial charge in [-0.1, -0.05) is 31.9 Å². The number of nitrogens with zero attached hydrogens (tertiary/aromatic N) is 4. The van der Waals surface area contributed by atoms with Crippen LogP contribution in [-0.4, -0.2) is 32.6 Å². The average molecular weight is 401 g/mol. The molecule has 5 rings (SSSR count). The molecule has 0 unspecified atom stereocenters. The standard InChI is InChI=1S/C25H28N4O/c1-17-8-11-26-23(18-6-7-19-14-28(3)24(30)21(19)12-18)22(17)20-13-27-29(15-20)16-25(2)9-4-5-10-25/h6-8,11-13,15H,4-5,9-10,14,16H2,1-3H3. The van der Waals surface area contributed by atoms with Gasteiger partial charge in [0.1, 0.15) is 0 Å². The Morgan fingerprint density at radius 3 is 2.73 bits per heavy atom. The zero-order valence-electron chi connectivity index (χ0n) is 18.0. The summed E-state index contributed by atoms with van der Waals surface area (Å²) in [6, 6.07) is 8.18. The van der Waals surface area contributed by atoms with Gasteiger partial charge in [0.05, 0.1) is 11.9 Å². The van der Waals surface area contributed by atoms with Crippen LogP contribution in [-0.2, 0) is 13.1 Å². The molecule has 5 heteroatoms. The van der Waals surface area contributed by atoms with Crippen LogP contribution in [0.15, 0.2) is 42.9 Å². The number of hydrogen-bond acceptors (Lipinski definition) is 3. The van der Waals surface area contributed by atoms with E-state index in [1.807, 2.05) is 31.6 Å². The summed E-state index contributed by atoms with van der Waals surface area (Å²) in [7, 11) is 1.84. The molecule has 3 heterocycles. The van der Waals surface area contributed by atoms with Crippen LogP contribution in [0.2, 0.25) is 0 Å². The molecule has 0 bridgehead atoms. The predicted octanol–water partition coefficient (Wildman–Crippen LogP) is 5.09. The van der Waals surface area contributed by atoms with Crippen molar-refractivity contribution >= 4 is 5.91 Å². The molecule has 0 saturated heterocycles. The highest BCUT2D eigenvalue weighted by atomic mass is 16.2. The third-order valence-corrected chi connectivity index (χ3v) is 6.80. The molecule has 30 heavy (non-hydrogen) atoms. The molecule has 0 spiro atoms. The molecule has 0 atom stereocenters. The first kappa shape index (κ1) is 19.0. The molecule has 1 aliphatic heterocycles. The fourth-order valence-electron chi connectivity index (χ4n) is 5.09. The first-order chi connectivity index (χ1) is 14.4. The first-order valence-corrected chi connectivity index (χ1v) is 10.8. The van der Waals surface area contributed by atoms with E-state index in [-0.39, 0.29) is 5.91 Å². The maximum absolute atomic E-state index is 12.5. The van der Waals surface area contributed by atoms with Gasteiger partial charge in [-0.15, -0.1) is 0 Å². The molecule has 1 amide bonds. The number of carbonyl (C=O) groups is 1. The van der Waals surface area contributed by atoms with Gasteiger partial charge in [0.15, 0.2) is 0 Å². The number of benzene rings is 1. The number of aromatic nitrogens is 3. The van der Waals surface area contributed by atoms with Gasteiger partial charge in [-0.05, 0) is 48.4 Å². The first-order valence-electron chi connectivity index (χ1n) is 10.8. The van der Waals surface area contributed by atoms with Crippen molar-refractivity contribution in [3.05, 3.63) is 59.5 Å². The minimum absolute atomic E-state index is 0.0821. The highest BCUT2D eigenvalue weighted by Gasteiger charge is 2.29. The highest BCUT2D eigenvalue weighted by molar-refractivity contribution is 5.99. The normalized spacial score (nSPS) is 17.6. The van der Waals surface area contributed by atoms with Crippen LogP contribution >= 0.6 is 0 Å². The Bertz CT molecular complexity index is 1120. The minimum atomic E-state index is 0.0821. The highest BCUT2D eigenvalue weighted by Crippen LogP contribution is 2.40. The van der Waals surface area contributed by atoms with Crippen molar-refractivity contribution in [1.29, 1.82) is 0 Å². The summed E-state index contributed by atoms with van der Waals surface area (Å²) in [4.78, 5) is 19.0. The Kier molecular flexibility index (Phi) is 4.49. The van der Waals surface area contributed by atoms with Crippen molar-refractivity contribution in [2.24, 2.45) is 5.41 Å². The van der Waals surface area contributed by atoms with E-state index in [4.69, 9.17) is 4.98 Å². The lowest BCUT2D eigenvalue weighted by Crippen LogP contribution is -2.19. The lowest BCUT2D eigenvalue weighted by Gasteiger charge is -2.23. The summed E-state index contributed by atoms with van der Waals surface area (Å²) in [5.41, 5.74) is 7.45. The quantitative estimate of drug-likeness (QED) is 0.613. The largest absolute Gasteiger partial charge is 0.337 e. The molecule has 3 aromatic rings. The smallest absolute Gasteiger partial charge is 0.254 e. The van der Waals surface area contributed by atoms with Crippen molar-refractivity contribution in [3.63, 3.8) is 0 Å². The molecule has 154 valence electrons. The van der Waals surface area contributed by atoms with Crippen LogP contribution in [0.4, 0.5) is 0 Å². The lowest BCUT2D eigenvalue weighted by atomic mass is 9.89. The van der Waals surface area contributed by atoms with Crippen LogP contribution in [0.1, 0.15) is 54.1 Å². The van der Waals surface area contributed by atoms with Gasteiger partial charge in [-0.25, -0.2) is 0 Å². The van der Waals surface area contributed by atoms with Crippen LogP contribution in [0, 0.1) is 12.3 Å². The molecule has 1 aliphatic carbocycles. The molecular weight excluding hydrogens is 372 g/mol. The van der Waals surface area contributed by atoms with Crippen molar-refractivity contribution in [2.75, 3.05) is 7.05 Å². The van der Waals surface area contributed by atoms with E-state index in [2.05, 4.69) is 42.0 Å². The summed E-state index contributed by atoms with van der Waals surface area (Å²) in [6.45, 7) is 6.12. The van der Waals surface area contributed by atoms with Crippen LogP contribution < -0.4 is 0 Å². The average Bonchev–Trinajstić information content (AvgIpc) is 3.42. The summed E-state index contributed by atoms with van der Waals surface area (Å²) >= 11 is 0. The zero-order chi connectivity index (χ0) is 20.9. The van der Waals surface area contributed by atoms with Crippen LogP contribution in [0.5, 0.6) is 0 Å². The number of fused-ring (bicyclic) bond motifs is 1. The Balaban J connectivity index is 1.53. The summed E-state index contributed by atoms with van der Waals surface area (Å²) in [5.74, 6) is 0.0821. The molecular formula is C25H28N4O. The minimum Gasteiger partial charge on any atom is -0.337 e. The van der Waals surface area contributed by atoms with Crippen LogP contribution in [0.25, 0.3) is 22.4 Å². The second-order valence-electron chi connectivity index (χ2n) is 9.33. The van der Waals surface area contributed by atoms with Gasteiger partial charge in [-0.2, -0.15) is 5.10 Å². The van der Waals surface area contributed by atoms with Gasteiger partial charge in [0, 0.05) is 54.8 Å². The third kappa shape index (κ3) is 3.22. The van der Waals surface area contributed by atoms with E-state index in [1.165, 1.54) is 25.7 Å². The van der Waals surface area contributed by atoms with E-state index in [0.717, 1.165) is 45.6 Å². The van der Waals surface area contributed by atoms with Gasteiger partial charge < -0.3 is 4.90 Å². The molecule has 1 saturated carbocycles. The number of rotatable bonds is 4. The van der Waals surface area contributed by atoms with E-state index in [9.17, 15) is 4.79 Å². The summed E-state index contributed by atoms with van der Waals surface area (Å²) in [5, 5.41) is 4.69. The SMILES string of the molecule is Cc1ccnc(-c2ccc3c(c2)C(=O)N(C)C3)c1-c1cnn(CC2(C)CCCC2)c1. The van der Waals surface area contributed by atoms with Gasteiger partial charge in [-0.3, -0.25) is 14.5 Å². The zero-order valence-corrected chi connectivity index (χ0v) is 18.0. The second-order valence-corrected chi connectivity index (χ2v) is 9.33. The van der Waals surface area contributed by atoms with E-state index in [1.54, 1.807) is 4.90 Å². The number of carbonyl (C=O) groups excluding carboxylic acids is 1. The Hall–Kier alpha value is -2.95. The topological polar surface area (TPSA) is 51.0 Å². The predicted molar refractivity (Wildman–Crippen MR) is 118 cm³/mol. The molecule has 1 fully saturated rings. The molecule has 2 aromatic heterocycles. The third-order valence-electron chi connectivity index (χ3n) is 6.80. The Morgan fingerprint density at radius 2 is 1.93 bits per heavy atom. The van der Waals surface area contributed by atoms with Crippen molar-refractivity contribution in [3.8, 4) is 22.4 Å². The monoisotopic (exact) mass is 400 g/mol. The number of pyridine rings is 1. The fourth-order valence-corrected chi connectivity index (χ4v) is 5.09. The Labute approximate surface area is 177 Å². The van der Waals surface area contributed by atoms with Crippen molar-refractivity contribution in [1.82, 2.24) is 19.7 Å². The molecule has 5 nitrogen and oxygen atoms in total. The van der Waals surface area contributed by atoms with E-state index >= 15 is 0 Å². The number of aryl methyl sites for hydroxylation is 1. The summed E-state index contributed by atoms with van der Waals surface area (Å²) < 4.78 is 2.10. The van der Waals surface area contributed by atoms with Gasteiger partial charge in [0.25, 0.3) is 5.91 Å². The maximum Gasteiger partial charge on any atom is 0.254 e. The maximum atomic E-state index is 12.5. The number of hydrogen-bond donors (Lipinski definition) is 0. The van der Waals surface area contributed by atoms with Crippen molar-refractivity contribution < 1.29 is 4.79 Å². The number of amides is 1. The molecule has 1 aromatic carbocycles. The van der Waals surface area contributed by atoms with Gasteiger partial charge >= 0.3 is 0 Å². The van der Waals surface area contributed by atoms with Crippen molar-refractivity contribution in [2.45, 2.75) is 52.6 Å². The second kappa shape index (κ2) is 7.08. The van der Waals surface area contributed by atoms with E-state index in [0.29, 0.717) is 12.0 Å². The van der Waals surface area contributed by atoms with E-state index < -0.39 is 0 Å². The van der Waals surface area contributed by atoms with Crippen LogP contribution in [0.3, 0.4) is 0 Å². The van der Waals surface area contributed by atoms with Gasteiger partial charge in [0.2, 0.25) is 0 Å². The molecule has 0 radical (unpaired) electrons. The fraction of sp³-hybridized carbons (Fsp3) is 0.400.